The second-order valence-corrected chi connectivity index (χ2v) is 13.8. The molecule has 0 aliphatic heterocycles. The third-order valence-electron chi connectivity index (χ3n) is 8.76. The Balaban J connectivity index is 1.32. The molecule has 0 unspecified atom stereocenters. The van der Waals surface area contributed by atoms with Crippen molar-refractivity contribution >= 4 is 43.1 Å². The molecule has 0 N–H and O–H groups in total. The van der Waals surface area contributed by atoms with Crippen LogP contribution in [-0.4, -0.2) is 9.97 Å². The van der Waals surface area contributed by atoms with Crippen LogP contribution in [0.1, 0.15) is 0 Å². The molecule has 7 aromatic carbocycles. The molecule has 0 bridgehead atoms. The number of thiazole rings is 2. The van der Waals surface area contributed by atoms with E-state index in [4.69, 9.17) is 9.97 Å². The zero-order valence-corrected chi connectivity index (χ0v) is 27.5. The lowest BCUT2D eigenvalue weighted by molar-refractivity contribution is 1.47. The number of aromatic nitrogens is 2. The van der Waals surface area contributed by atoms with E-state index in [1.54, 1.807) is 22.7 Å². The fourth-order valence-corrected chi connectivity index (χ4v) is 8.45. The van der Waals surface area contributed by atoms with E-state index in [-0.39, 0.29) is 0 Å². The van der Waals surface area contributed by atoms with Gasteiger partial charge in [0.1, 0.15) is 10.0 Å². The Kier molecular flexibility index (Phi) is 7.23. The standard InChI is InChI=1S/C44H28N2S2/c1-3-13-29(14-4-1)35-25-26-36(30-15-5-2-6-16-30)42(32-18-12-20-34(28-32)44-46-38-22-8-10-24-40(38)48-44)41(35)31-17-11-19-33(27-31)43-45-37-21-7-9-23-39(37)47-43/h1-28H. The number of fused-ring (bicyclic) bond motifs is 2. The number of hydrogen-bond donors (Lipinski definition) is 0. The van der Waals surface area contributed by atoms with Crippen molar-refractivity contribution in [2.45, 2.75) is 0 Å². The van der Waals surface area contributed by atoms with Crippen molar-refractivity contribution in [2.24, 2.45) is 0 Å². The van der Waals surface area contributed by atoms with Gasteiger partial charge in [0.05, 0.1) is 20.4 Å². The van der Waals surface area contributed by atoms with E-state index in [9.17, 15) is 0 Å². The van der Waals surface area contributed by atoms with Crippen LogP contribution in [0, 0.1) is 0 Å². The second kappa shape index (κ2) is 12.2. The first kappa shape index (κ1) is 28.5. The SMILES string of the molecule is c1ccc(-c2ccc(-c3ccccc3)c(-c3cccc(-c4nc5ccccc5s4)c3)c2-c2cccc(-c3nc4ccccc4s3)c2)cc1. The zero-order chi connectivity index (χ0) is 31.9. The van der Waals surface area contributed by atoms with E-state index < -0.39 is 0 Å². The number of benzene rings is 7. The summed E-state index contributed by atoms with van der Waals surface area (Å²) in [5.41, 5.74) is 13.8. The Morgan fingerprint density at radius 3 is 1.12 bits per heavy atom. The quantitative estimate of drug-likeness (QED) is 0.179. The summed E-state index contributed by atoms with van der Waals surface area (Å²) in [5, 5.41) is 2.05. The van der Waals surface area contributed by atoms with Gasteiger partial charge in [-0.15, -0.1) is 22.7 Å². The molecule has 2 heterocycles. The molecule has 0 aliphatic carbocycles. The molecular weight excluding hydrogens is 621 g/mol. The molecule has 9 rings (SSSR count). The maximum atomic E-state index is 5.02. The third-order valence-corrected chi connectivity index (χ3v) is 10.9. The van der Waals surface area contributed by atoms with Gasteiger partial charge in [-0.3, -0.25) is 0 Å². The molecule has 2 aromatic heterocycles. The van der Waals surface area contributed by atoms with Gasteiger partial charge in [0.15, 0.2) is 0 Å². The molecule has 0 amide bonds. The molecular formula is C44H28N2S2. The highest BCUT2D eigenvalue weighted by Gasteiger charge is 2.21. The summed E-state index contributed by atoms with van der Waals surface area (Å²) < 4.78 is 2.39. The Morgan fingerprint density at radius 1 is 0.312 bits per heavy atom. The van der Waals surface area contributed by atoms with E-state index in [0.717, 1.165) is 43.3 Å². The van der Waals surface area contributed by atoms with Crippen molar-refractivity contribution < 1.29 is 0 Å². The van der Waals surface area contributed by atoms with Gasteiger partial charge >= 0.3 is 0 Å². The van der Waals surface area contributed by atoms with Crippen LogP contribution in [0.25, 0.3) is 86.1 Å². The van der Waals surface area contributed by atoms with Crippen LogP contribution in [0.4, 0.5) is 0 Å². The summed E-state index contributed by atoms with van der Waals surface area (Å²) in [6.07, 6.45) is 0. The lowest BCUT2D eigenvalue weighted by Crippen LogP contribution is -1.95. The van der Waals surface area contributed by atoms with Crippen LogP contribution in [0.5, 0.6) is 0 Å². The topological polar surface area (TPSA) is 25.8 Å². The molecule has 0 saturated carbocycles. The highest BCUT2D eigenvalue weighted by Crippen LogP contribution is 2.47. The number of para-hydroxylation sites is 2. The maximum Gasteiger partial charge on any atom is 0.124 e. The highest BCUT2D eigenvalue weighted by molar-refractivity contribution is 7.22. The summed E-state index contributed by atoms with van der Waals surface area (Å²) in [6.45, 7) is 0. The molecule has 0 aliphatic rings. The third kappa shape index (κ3) is 5.22. The fourth-order valence-electron chi connectivity index (χ4n) is 6.53. The van der Waals surface area contributed by atoms with Gasteiger partial charge in [-0.25, -0.2) is 9.97 Å². The lowest BCUT2D eigenvalue weighted by Gasteiger charge is -2.21. The Labute approximate surface area is 287 Å². The summed E-state index contributed by atoms with van der Waals surface area (Å²) in [5.74, 6) is 0. The first-order valence-electron chi connectivity index (χ1n) is 16.0. The molecule has 0 fully saturated rings. The van der Waals surface area contributed by atoms with E-state index in [1.807, 2.05) is 0 Å². The van der Waals surface area contributed by atoms with Gasteiger partial charge in [-0.05, 0) is 80.9 Å². The monoisotopic (exact) mass is 648 g/mol. The van der Waals surface area contributed by atoms with Crippen molar-refractivity contribution in [1.82, 2.24) is 9.97 Å². The molecule has 0 spiro atoms. The second-order valence-electron chi connectivity index (χ2n) is 11.8. The number of rotatable bonds is 6. The van der Waals surface area contributed by atoms with Gasteiger partial charge in [-0.2, -0.15) is 0 Å². The Bertz CT molecular complexity index is 2320. The molecule has 226 valence electrons. The first-order chi connectivity index (χ1) is 23.8. The Hall–Kier alpha value is -5.68. The van der Waals surface area contributed by atoms with Crippen molar-refractivity contribution in [3.63, 3.8) is 0 Å². The van der Waals surface area contributed by atoms with Crippen LogP contribution in [0.2, 0.25) is 0 Å². The smallest absolute Gasteiger partial charge is 0.124 e. The normalized spacial score (nSPS) is 11.3. The molecule has 48 heavy (non-hydrogen) atoms. The van der Waals surface area contributed by atoms with Crippen molar-refractivity contribution in [1.29, 1.82) is 0 Å². The lowest BCUT2D eigenvalue weighted by atomic mass is 9.82. The average Bonchev–Trinajstić information content (AvgIpc) is 3.80. The molecule has 0 saturated heterocycles. The van der Waals surface area contributed by atoms with Crippen LogP contribution >= 0.6 is 22.7 Å². The maximum absolute atomic E-state index is 5.02. The minimum absolute atomic E-state index is 1.03. The number of nitrogens with zero attached hydrogens (tertiary/aromatic N) is 2. The van der Waals surface area contributed by atoms with Crippen LogP contribution < -0.4 is 0 Å². The van der Waals surface area contributed by atoms with E-state index in [1.165, 1.54) is 42.8 Å². The van der Waals surface area contributed by atoms with E-state index >= 15 is 0 Å². The van der Waals surface area contributed by atoms with E-state index in [2.05, 4.69) is 170 Å². The van der Waals surface area contributed by atoms with Crippen molar-refractivity contribution in [2.75, 3.05) is 0 Å². The highest BCUT2D eigenvalue weighted by atomic mass is 32.1. The first-order valence-corrected chi connectivity index (χ1v) is 17.6. The fraction of sp³-hybridized carbons (Fsp3) is 0. The van der Waals surface area contributed by atoms with Crippen molar-refractivity contribution in [3.8, 4) is 65.6 Å². The van der Waals surface area contributed by atoms with E-state index in [0.29, 0.717) is 0 Å². The minimum Gasteiger partial charge on any atom is -0.236 e. The van der Waals surface area contributed by atoms with Crippen LogP contribution in [0.3, 0.4) is 0 Å². The van der Waals surface area contributed by atoms with Gasteiger partial charge in [0.25, 0.3) is 0 Å². The van der Waals surface area contributed by atoms with Crippen LogP contribution in [-0.2, 0) is 0 Å². The average molecular weight is 649 g/mol. The largest absolute Gasteiger partial charge is 0.236 e. The molecule has 9 aromatic rings. The number of hydrogen-bond acceptors (Lipinski definition) is 4. The van der Waals surface area contributed by atoms with Gasteiger partial charge in [-0.1, -0.05) is 133 Å². The van der Waals surface area contributed by atoms with Gasteiger partial charge < -0.3 is 0 Å². The molecule has 0 atom stereocenters. The summed E-state index contributed by atoms with van der Waals surface area (Å²) >= 11 is 3.48. The minimum atomic E-state index is 1.03. The predicted molar refractivity (Wildman–Crippen MR) is 205 cm³/mol. The summed E-state index contributed by atoms with van der Waals surface area (Å²) in [7, 11) is 0. The molecule has 4 heteroatoms. The predicted octanol–water partition coefficient (Wildman–Crippen LogP) is 12.9. The zero-order valence-electron chi connectivity index (χ0n) is 25.9. The summed E-state index contributed by atoms with van der Waals surface area (Å²) in [6, 6.07) is 60.6. The summed E-state index contributed by atoms with van der Waals surface area (Å²) in [4.78, 5) is 10.0. The van der Waals surface area contributed by atoms with Crippen molar-refractivity contribution in [3.05, 3.63) is 170 Å². The van der Waals surface area contributed by atoms with Gasteiger partial charge in [0, 0.05) is 11.1 Å². The van der Waals surface area contributed by atoms with Crippen LogP contribution in [0.15, 0.2) is 170 Å². The van der Waals surface area contributed by atoms with Gasteiger partial charge in [0.2, 0.25) is 0 Å². The molecule has 0 radical (unpaired) electrons. The molecule has 2 nitrogen and oxygen atoms in total. The Morgan fingerprint density at radius 2 is 0.688 bits per heavy atom.